The summed E-state index contributed by atoms with van der Waals surface area (Å²) in [6.07, 6.45) is 3.57. The highest BCUT2D eigenvalue weighted by Gasteiger charge is 2.23. The Bertz CT molecular complexity index is 1270. The molecule has 0 aliphatic heterocycles. The van der Waals surface area contributed by atoms with Crippen molar-refractivity contribution in [3.05, 3.63) is 119 Å². The Balaban J connectivity index is 1.42. The molecule has 0 saturated heterocycles. The zero-order valence-corrected chi connectivity index (χ0v) is 22.7. The van der Waals surface area contributed by atoms with Crippen molar-refractivity contribution in [2.75, 3.05) is 13.2 Å². The minimum absolute atomic E-state index is 0.0160. The Labute approximate surface area is 236 Å². The fourth-order valence-electron chi connectivity index (χ4n) is 5.15. The van der Waals surface area contributed by atoms with Gasteiger partial charge in [-0.1, -0.05) is 60.7 Å². The predicted octanol–water partition coefficient (Wildman–Crippen LogP) is 6.74. The number of rotatable bonds is 15. The lowest BCUT2D eigenvalue weighted by molar-refractivity contribution is 0.0579. The zero-order chi connectivity index (χ0) is 28.2. The third-order valence-electron chi connectivity index (χ3n) is 7.01. The highest BCUT2D eigenvalue weighted by molar-refractivity contribution is 5.37. The molecule has 4 aromatic carbocycles. The van der Waals surface area contributed by atoms with Crippen LogP contribution in [-0.2, 0) is 35.5 Å². The highest BCUT2D eigenvalue weighted by atomic mass is 16.5. The summed E-state index contributed by atoms with van der Waals surface area (Å²) in [5.74, 6) is 0.632. The molecule has 6 heteroatoms. The molecule has 40 heavy (non-hydrogen) atoms. The van der Waals surface area contributed by atoms with Gasteiger partial charge in [-0.25, -0.2) is 0 Å². The fraction of sp³-hybridized carbons (Fsp3) is 0.294. The van der Waals surface area contributed by atoms with Crippen molar-refractivity contribution in [1.29, 1.82) is 0 Å². The lowest BCUT2D eigenvalue weighted by atomic mass is 9.80. The SMILES string of the molecule is Oc1cc(O)cc(COCCC[C@@H](Cc2ccccc2)[C@@H](COCc2cc(O)cc(O)c2)Cc2ccccc2)c1. The summed E-state index contributed by atoms with van der Waals surface area (Å²) in [7, 11) is 0. The summed E-state index contributed by atoms with van der Waals surface area (Å²) < 4.78 is 12.1. The molecule has 0 heterocycles. The predicted molar refractivity (Wildman–Crippen MR) is 155 cm³/mol. The van der Waals surface area contributed by atoms with E-state index in [1.807, 2.05) is 12.1 Å². The van der Waals surface area contributed by atoms with Gasteiger partial charge in [0.25, 0.3) is 0 Å². The summed E-state index contributed by atoms with van der Waals surface area (Å²) in [5.41, 5.74) is 3.98. The molecule has 0 aliphatic carbocycles. The number of hydrogen-bond donors (Lipinski definition) is 4. The first-order valence-electron chi connectivity index (χ1n) is 13.7. The lowest BCUT2D eigenvalue weighted by Gasteiger charge is -2.28. The van der Waals surface area contributed by atoms with E-state index in [-0.39, 0.29) is 28.9 Å². The molecular formula is C34H38O6. The van der Waals surface area contributed by atoms with Crippen molar-refractivity contribution < 1.29 is 29.9 Å². The van der Waals surface area contributed by atoms with Crippen LogP contribution in [0.25, 0.3) is 0 Å². The maximum Gasteiger partial charge on any atom is 0.119 e. The average molecular weight is 543 g/mol. The first-order valence-corrected chi connectivity index (χ1v) is 13.7. The van der Waals surface area contributed by atoms with Crippen LogP contribution < -0.4 is 0 Å². The molecule has 0 unspecified atom stereocenters. The van der Waals surface area contributed by atoms with Gasteiger partial charge in [0.2, 0.25) is 0 Å². The van der Waals surface area contributed by atoms with Gasteiger partial charge in [-0.2, -0.15) is 0 Å². The Morgan fingerprint density at radius 2 is 0.950 bits per heavy atom. The summed E-state index contributed by atoms with van der Waals surface area (Å²) >= 11 is 0. The molecule has 210 valence electrons. The van der Waals surface area contributed by atoms with E-state index in [1.165, 1.54) is 23.3 Å². The van der Waals surface area contributed by atoms with Crippen LogP contribution in [-0.4, -0.2) is 33.6 Å². The van der Waals surface area contributed by atoms with Crippen LogP contribution in [0, 0.1) is 11.8 Å². The second kappa shape index (κ2) is 15.0. The summed E-state index contributed by atoms with van der Waals surface area (Å²) in [4.78, 5) is 0. The average Bonchev–Trinajstić information content (AvgIpc) is 2.92. The molecule has 0 amide bonds. The molecule has 4 N–H and O–H groups in total. The molecule has 0 aliphatic rings. The van der Waals surface area contributed by atoms with E-state index in [4.69, 9.17) is 9.47 Å². The van der Waals surface area contributed by atoms with Gasteiger partial charge in [-0.15, -0.1) is 0 Å². The molecule has 6 nitrogen and oxygen atoms in total. The van der Waals surface area contributed by atoms with E-state index in [2.05, 4.69) is 48.5 Å². The van der Waals surface area contributed by atoms with Gasteiger partial charge >= 0.3 is 0 Å². The summed E-state index contributed by atoms with van der Waals surface area (Å²) in [5, 5.41) is 39.1. The second-order valence-electron chi connectivity index (χ2n) is 10.3. The van der Waals surface area contributed by atoms with Gasteiger partial charge in [-0.3, -0.25) is 0 Å². The molecule has 4 rings (SSSR count). The molecule has 0 bridgehead atoms. The number of phenols is 4. The molecule has 2 atom stereocenters. The molecular weight excluding hydrogens is 504 g/mol. The number of hydrogen-bond acceptors (Lipinski definition) is 6. The molecule has 0 radical (unpaired) electrons. The van der Waals surface area contributed by atoms with E-state index in [0.29, 0.717) is 32.3 Å². The van der Waals surface area contributed by atoms with Crippen molar-refractivity contribution in [3.8, 4) is 23.0 Å². The number of ether oxygens (including phenoxy) is 2. The molecule has 0 saturated carbocycles. The van der Waals surface area contributed by atoms with Crippen LogP contribution in [0.1, 0.15) is 35.1 Å². The van der Waals surface area contributed by atoms with Gasteiger partial charge in [0, 0.05) is 18.7 Å². The first kappa shape index (κ1) is 29.0. The lowest BCUT2D eigenvalue weighted by Crippen LogP contribution is -2.25. The molecule has 0 fully saturated rings. The maximum absolute atomic E-state index is 9.84. The van der Waals surface area contributed by atoms with Gasteiger partial charge in [-0.05, 0) is 84.0 Å². The summed E-state index contributed by atoms with van der Waals surface area (Å²) in [6, 6.07) is 29.9. The Hall–Kier alpha value is -4.00. The van der Waals surface area contributed by atoms with Crippen molar-refractivity contribution in [2.45, 2.75) is 38.9 Å². The zero-order valence-electron chi connectivity index (χ0n) is 22.7. The van der Waals surface area contributed by atoms with Gasteiger partial charge < -0.3 is 29.9 Å². The van der Waals surface area contributed by atoms with Crippen LogP contribution >= 0.6 is 0 Å². The largest absolute Gasteiger partial charge is 0.508 e. The monoisotopic (exact) mass is 542 g/mol. The van der Waals surface area contributed by atoms with Gasteiger partial charge in [0.05, 0.1) is 19.8 Å². The number of aromatic hydroxyl groups is 4. The number of phenolic OH excluding ortho intramolecular Hbond substituents is 4. The highest BCUT2D eigenvalue weighted by Crippen LogP contribution is 2.28. The third kappa shape index (κ3) is 9.63. The number of benzene rings is 4. The maximum atomic E-state index is 9.84. The third-order valence-corrected chi connectivity index (χ3v) is 7.01. The molecule has 4 aromatic rings. The minimum atomic E-state index is 0.0160. The standard InChI is InChI=1S/C34H38O6/c35-31-16-27(17-32(36)20-31)22-39-13-7-12-29(14-25-8-3-1-4-9-25)30(15-26-10-5-2-6-11-26)24-40-23-28-18-33(37)21-34(38)19-28/h1-6,8-11,16-21,29-30,35-38H,7,12-15,22-24H2/t29-,30+/m0/s1. The fourth-order valence-corrected chi connectivity index (χ4v) is 5.15. The van der Waals surface area contributed by atoms with E-state index < -0.39 is 0 Å². The quantitative estimate of drug-likeness (QED) is 0.124. The van der Waals surface area contributed by atoms with E-state index in [9.17, 15) is 20.4 Å². The minimum Gasteiger partial charge on any atom is -0.508 e. The smallest absolute Gasteiger partial charge is 0.119 e. The van der Waals surface area contributed by atoms with E-state index in [1.54, 1.807) is 24.3 Å². The van der Waals surface area contributed by atoms with E-state index in [0.717, 1.165) is 36.8 Å². The Kier molecular flexibility index (Phi) is 10.8. The molecule has 0 aromatic heterocycles. The van der Waals surface area contributed by atoms with Crippen LogP contribution in [0.15, 0.2) is 97.1 Å². The summed E-state index contributed by atoms with van der Waals surface area (Å²) in [6.45, 7) is 1.71. The second-order valence-corrected chi connectivity index (χ2v) is 10.3. The van der Waals surface area contributed by atoms with Gasteiger partial charge in [0.1, 0.15) is 23.0 Å². The van der Waals surface area contributed by atoms with Crippen molar-refractivity contribution in [2.24, 2.45) is 11.8 Å². The first-order chi connectivity index (χ1) is 19.4. The molecule has 0 spiro atoms. The topological polar surface area (TPSA) is 99.4 Å². The van der Waals surface area contributed by atoms with E-state index >= 15 is 0 Å². The van der Waals surface area contributed by atoms with Crippen LogP contribution in [0.2, 0.25) is 0 Å². The van der Waals surface area contributed by atoms with Crippen molar-refractivity contribution in [1.82, 2.24) is 0 Å². The van der Waals surface area contributed by atoms with Crippen molar-refractivity contribution in [3.63, 3.8) is 0 Å². The Morgan fingerprint density at radius 1 is 0.500 bits per heavy atom. The van der Waals surface area contributed by atoms with Gasteiger partial charge in [0.15, 0.2) is 0 Å². The normalized spacial score (nSPS) is 12.7. The van der Waals surface area contributed by atoms with Crippen LogP contribution in [0.3, 0.4) is 0 Å². The Morgan fingerprint density at radius 3 is 1.45 bits per heavy atom. The van der Waals surface area contributed by atoms with Crippen molar-refractivity contribution >= 4 is 0 Å². The van der Waals surface area contributed by atoms with Crippen LogP contribution in [0.4, 0.5) is 0 Å². The van der Waals surface area contributed by atoms with Crippen LogP contribution in [0.5, 0.6) is 23.0 Å².